The Balaban J connectivity index is 1.09. The highest BCUT2D eigenvalue weighted by atomic mass is 16.5. The van der Waals surface area contributed by atoms with Gasteiger partial charge >= 0.3 is 0 Å². The predicted octanol–water partition coefficient (Wildman–Crippen LogP) is 3.71. The predicted molar refractivity (Wildman–Crippen MR) is 158 cm³/mol. The number of hydrogen-bond acceptors (Lipinski definition) is 8. The topological polar surface area (TPSA) is 90.1 Å². The van der Waals surface area contributed by atoms with Crippen LogP contribution in [0.1, 0.15) is 47.9 Å². The van der Waals surface area contributed by atoms with Crippen LogP contribution in [0, 0.1) is 11.8 Å². The van der Waals surface area contributed by atoms with Crippen LogP contribution in [0.3, 0.4) is 0 Å². The zero-order valence-electron chi connectivity index (χ0n) is 24.1. The van der Waals surface area contributed by atoms with Crippen molar-refractivity contribution in [2.45, 2.75) is 73.6 Å². The molecule has 10 rings (SSSR count). The summed E-state index contributed by atoms with van der Waals surface area (Å²) in [6.45, 7) is 2.00. The van der Waals surface area contributed by atoms with Crippen LogP contribution in [-0.4, -0.2) is 82.9 Å². The Morgan fingerprint density at radius 2 is 1.45 bits per heavy atom. The molecule has 216 valence electrons. The minimum Gasteiger partial charge on any atom is -0.504 e. The number of ether oxygens (including phenoxy) is 2. The first-order valence-corrected chi connectivity index (χ1v) is 15.7. The number of piperidine rings is 2. The van der Waals surface area contributed by atoms with Gasteiger partial charge in [0, 0.05) is 34.5 Å². The Morgan fingerprint density at radius 1 is 0.810 bits per heavy atom. The molecule has 4 heterocycles. The molecule has 3 fully saturated rings. The molecule has 4 aliphatic carbocycles. The third-order valence-corrected chi connectivity index (χ3v) is 12.7. The molecule has 2 N–H and O–H groups in total. The number of likely N-dealkylation sites (tertiary alicyclic amines) is 2. The summed E-state index contributed by atoms with van der Waals surface area (Å²) in [5.41, 5.74) is 6.45. The van der Waals surface area contributed by atoms with Crippen molar-refractivity contribution in [2.75, 3.05) is 27.2 Å². The molecular formula is C34H36N4O4. The first-order chi connectivity index (χ1) is 20.4. The van der Waals surface area contributed by atoms with Gasteiger partial charge in [-0.2, -0.15) is 10.2 Å². The number of hydrogen-bond donors (Lipinski definition) is 2. The molecule has 0 aromatic heterocycles. The van der Waals surface area contributed by atoms with Crippen molar-refractivity contribution in [2.24, 2.45) is 22.0 Å². The molecule has 4 aliphatic heterocycles. The Morgan fingerprint density at radius 3 is 2.21 bits per heavy atom. The molecule has 0 unspecified atom stereocenters. The normalized spacial score (nSPS) is 41.9. The van der Waals surface area contributed by atoms with E-state index in [1.807, 2.05) is 0 Å². The average Bonchev–Trinajstić information content (AvgIpc) is 3.53. The van der Waals surface area contributed by atoms with Crippen LogP contribution in [0.15, 0.2) is 46.6 Å². The molecule has 0 radical (unpaired) electrons. The summed E-state index contributed by atoms with van der Waals surface area (Å²) in [6, 6.07) is 8.68. The quantitative estimate of drug-likeness (QED) is 0.514. The van der Waals surface area contributed by atoms with E-state index in [4.69, 9.17) is 19.7 Å². The fourth-order valence-electron chi connectivity index (χ4n) is 10.9. The van der Waals surface area contributed by atoms with Crippen LogP contribution in [0.2, 0.25) is 0 Å². The number of rotatable bonds is 1. The molecule has 42 heavy (non-hydrogen) atoms. The molecule has 8 heteroatoms. The van der Waals surface area contributed by atoms with Gasteiger partial charge in [-0.25, -0.2) is 0 Å². The molecular weight excluding hydrogens is 528 g/mol. The highest BCUT2D eigenvalue weighted by Crippen LogP contribution is 2.64. The van der Waals surface area contributed by atoms with Crippen molar-refractivity contribution in [1.82, 2.24) is 9.80 Å². The zero-order valence-corrected chi connectivity index (χ0v) is 24.1. The Kier molecular flexibility index (Phi) is 4.46. The van der Waals surface area contributed by atoms with Crippen LogP contribution in [0.4, 0.5) is 0 Å². The summed E-state index contributed by atoms with van der Waals surface area (Å²) in [7, 11) is 4.49. The number of benzene rings is 2. The first kappa shape index (κ1) is 24.1. The maximum atomic E-state index is 10.9. The second-order valence-corrected chi connectivity index (χ2v) is 14.1. The van der Waals surface area contributed by atoms with Crippen LogP contribution in [0.5, 0.6) is 23.0 Å². The van der Waals surface area contributed by atoms with Gasteiger partial charge in [-0.1, -0.05) is 18.2 Å². The van der Waals surface area contributed by atoms with Gasteiger partial charge < -0.3 is 29.5 Å². The second-order valence-electron chi connectivity index (χ2n) is 14.1. The second kappa shape index (κ2) is 7.77. The van der Waals surface area contributed by atoms with Gasteiger partial charge in [-0.3, -0.25) is 0 Å². The summed E-state index contributed by atoms with van der Waals surface area (Å²) >= 11 is 0. The molecule has 8 nitrogen and oxygen atoms in total. The van der Waals surface area contributed by atoms with Gasteiger partial charge in [0.15, 0.2) is 29.1 Å². The minimum atomic E-state index is -0.273. The van der Waals surface area contributed by atoms with E-state index in [2.05, 4.69) is 48.2 Å². The van der Waals surface area contributed by atoms with E-state index in [-0.39, 0.29) is 34.5 Å². The van der Waals surface area contributed by atoms with Crippen molar-refractivity contribution in [3.05, 3.63) is 58.7 Å². The summed E-state index contributed by atoms with van der Waals surface area (Å²) in [6.07, 6.45) is 9.80. The van der Waals surface area contributed by atoms with Crippen molar-refractivity contribution >= 4 is 11.4 Å². The van der Waals surface area contributed by atoms with Crippen LogP contribution in [0.25, 0.3) is 0 Å². The summed E-state index contributed by atoms with van der Waals surface area (Å²) in [5.74, 6) is 2.56. The molecule has 8 aliphatic rings. The van der Waals surface area contributed by atoms with E-state index in [1.165, 1.54) is 22.3 Å². The van der Waals surface area contributed by atoms with Crippen molar-refractivity contribution in [1.29, 1.82) is 0 Å². The van der Waals surface area contributed by atoms with Crippen LogP contribution < -0.4 is 9.47 Å². The van der Waals surface area contributed by atoms with Crippen molar-refractivity contribution in [3.63, 3.8) is 0 Å². The smallest absolute Gasteiger partial charge is 0.166 e. The third-order valence-electron chi connectivity index (χ3n) is 12.7. The largest absolute Gasteiger partial charge is 0.504 e. The van der Waals surface area contributed by atoms with E-state index in [9.17, 15) is 10.2 Å². The highest BCUT2D eigenvalue weighted by molar-refractivity contribution is 6.03. The Hall–Kier alpha value is -3.36. The SMILES string of the molecule is CN1CC[C@]23c4c5ccc(O)c4O[C@H]2C(=NN=C2CC[C@H]4[C@H]6Cc7ccc(O)c8c7[C@@]4(CCN6C)[C@H]2O8)C=C[C@H]3[C@H]1C5. The fraction of sp³-hybridized carbons (Fsp3) is 0.529. The van der Waals surface area contributed by atoms with Crippen LogP contribution in [-0.2, 0) is 23.7 Å². The highest BCUT2D eigenvalue weighted by Gasteiger charge is 2.66. The molecule has 4 bridgehead atoms. The molecule has 2 aromatic rings. The standard InChI is InChI=1S/C34H36N4O4/c1-37-13-11-33-19-5-7-21(31(33)41-29-25(39)9-3-17(27(29)33)15-23(19)37)35-36-22-8-6-20-24-16-18-4-10-26(40)30-28(18)34(20,32(22)42-30)12-14-38(24)2/h3-5,7,9-10,19-20,23-24,31-32,39-40H,6,8,11-16H2,1-2H3/t19-,20-,23+,24+,31-,32-,33-,34-/m0/s1. The molecule has 2 saturated heterocycles. The maximum Gasteiger partial charge on any atom is 0.166 e. The van der Waals surface area contributed by atoms with E-state index >= 15 is 0 Å². The number of nitrogens with zero attached hydrogens (tertiary/aromatic N) is 4. The minimum absolute atomic E-state index is 0.159. The number of aromatic hydroxyl groups is 2. The van der Waals surface area contributed by atoms with Crippen molar-refractivity contribution < 1.29 is 19.7 Å². The van der Waals surface area contributed by atoms with Crippen molar-refractivity contribution in [3.8, 4) is 23.0 Å². The lowest BCUT2D eigenvalue weighted by Crippen LogP contribution is -2.65. The van der Waals surface area contributed by atoms with Gasteiger partial charge in [-0.05, 0) is 101 Å². The van der Waals surface area contributed by atoms with E-state index in [1.54, 1.807) is 12.1 Å². The number of phenolic OH excluding ortho intramolecular Hbond substituents is 2. The summed E-state index contributed by atoms with van der Waals surface area (Å²) < 4.78 is 13.4. The van der Waals surface area contributed by atoms with Gasteiger partial charge in [0.05, 0.1) is 11.1 Å². The first-order valence-electron chi connectivity index (χ1n) is 15.7. The lowest BCUT2D eigenvalue weighted by molar-refractivity contribution is -0.00696. The zero-order chi connectivity index (χ0) is 28.1. The van der Waals surface area contributed by atoms with E-state index in [0.29, 0.717) is 35.4 Å². The molecule has 1 saturated carbocycles. The van der Waals surface area contributed by atoms with Gasteiger partial charge in [0.25, 0.3) is 0 Å². The summed E-state index contributed by atoms with van der Waals surface area (Å²) in [5, 5.41) is 31.8. The maximum absolute atomic E-state index is 10.9. The average molecular weight is 565 g/mol. The van der Waals surface area contributed by atoms with Gasteiger partial charge in [-0.15, -0.1) is 0 Å². The third kappa shape index (κ3) is 2.61. The van der Waals surface area contributed by atoms with E-state index < -0.39 is 0 Å². The lowest BCUT2D eigenvalue weighted by Gasteiger charge is -2.57. The van der Waals surface area contributed by atoms with E-state index in [0.717, 1.165) is 63.0 Å². The Labute approximate surface area is 245 Å². The van der Waals surface area contributed by atoms with Gasteiger partial charge in [0.1, 0.15) is 11.8 Å². The van der Waals surface area contributed by atoms with Crippen LogP contribution >= 0.6 is 0 Å². The number of phenols is 2. The lowest BCUT2D eigenvalue weighted by atomic mass is 9.51. The molecule has 2 aromatic carbocycles. The van der Waals surface area contributed by atoms with Gasteiger partial charge in [0.2, 0.25) is 0 Å². The fourth-order valence-corrected chi connectivity index (χ4v) is 10.9. The Bertz CT molecular complexity index is 1680. The molecule has 0 amide bonds. The molecule has 2 spiro atoms. The monoisotopic (exact) mass is 564 g/mol. The molecule has 8 atom stereocenters. The summed E-state index contributed by atoms with van der Waals surface area (Å²) in [4.78, 5) is 5.02. The number of likely N-dealkylation sites (N-methyl/N-ethyl adjacent to an activating group) is 2.